The third kappa shape index (κ3) is 5.02. The van der Waals surface area contributed by atoms with Crippen LogP contribution in [0, 0.1) is 25.7 Å². The van der Waals surface area contributed by atoms with Gasteiger partial charge in [0.2, 0.25) is 5.91 Å². The number of nitrogens with one attached hydrogen (secondary N) is 2. The number of amides is 3. The van der Waals surface area contributed by atoms with Gasteiger partial charge in [0.1, 0.15) is 0 Å². The lowest BCUT2D eigenvalue weighted by Gasteiger charge is -2.33. The monoisotopic (exact) mass is 405 g/mol. The normalized spacial score (nSPS) is 19.8. The fourth-order valence-electron chi connectivity index (χ4n) is 4.25. The number of likely N-dealkylation sites (tertiary alicyclic amines) is 1. The Labute approximate surface area is 178 Å². The van der Waals surface area contributed by atoms with Gasteiger partial charge in [-0.1, -0.05) is 42.0 Å². The van der Waals surface area contributed by atoms with Gasteiger partial charge >= 0.3 is 6.03 Å². The topological polar surface area (TPSA) is 61.4 Å². The molecule has 2 aromatic rings. The van der Waals surface area contributed by atoms with Crippen LogP contribution in [0.5, 0.6) is 0 Å². The molecule has 1 saturated heterocycles. The molecule has 158 valence electrons. The predicted molar refractivity (Wildman–Crippen MR) is 119 cm³/mol. The molecule has 5 nitrogen and oxygen atoms in total. The van der Waals surface area contributed by atoms with Crippen LogP contribution in [-0.4, -0.2) is 29.9 Å². The van der Waals surface area contributed by atoms with Crippen molar-refractivity contribution in [3.05, 3.63) is 65.2 Å². The van der Waals surface area contributed by atoms with Crippen molar-refractivity contribution in [1.29, 1.82) is 0 Å². The molecule has 30 heavy (non-hydrogen) atoms. The van der Waals surface area contributed by atoms with Crippen molar-refractivity contribution >= 4 is 17.6 Å². The zero-order valence-corrected chi connectivity index (χ0v) is 17.9. The van der Waals surface area contributed by atoms with Gasteiger partial charge < -0.3 is 15.5 Å². The molecule has 2 N–H and O–H groups in total. The predicted octanol–water partition coefficient (Wildman–Crippen LogP) is 4.81. The van der Waals surface area contributed by atoms with Gasteiger partial charge in [0, 0.05) is 18.8 Å². The molecule has 2 fully saturated rings. The number of benzene rings is 2. The molecular formula is C25H31N3O2. The molecule has 1 aliphatic carbocycles. The average molecular weight is 406 g/mol. The van der Waals surface area contributed by atoms with Crippen molar-refractivity contribution in [3.63, 3.8) is 0 Å². The fourth-order valence-corrected chi connectivity index (χ4v) is 4.25. The van der Waals surface area contributed by atoms with Gasteiger partial charge in [-0.05, 0) is 68.7 Å². The van der Waals surface area contributed by atoms with Crippen LogP contribution in [0.1, 0.15) is 48.4 Å². The Bertz CT molecular complexity index is 905. The second-order valence-corrected chi connectivity index (χ2v) is 8.82. The molecule has 0 radical (unpaired) electrons. The number of hydrogen-bond donors (Lipinski definition) is 2. The first-order chi connectivity index (χ1) is 14.5. The number of carbonyl (C=O) groups excluding carboxylic acids is 2. The highest BCUT2D eigenvalue weighted by molar-refractivity contribution is 5.90. The minimum absolute atomic E-state index is 0.0699. The summed E-state index contributed by atoms with van der Waals surface area (Å²) in [5.74, 6) is 0.440. The number of carbonyl (C=O) groups is 2. The molecule has 4 rings (SSSR count). The number of aryl methyl sites for hydroxylation is 2. The summed E-state index contributed by atoms with van der Waals surface area (Å²) >= 11 is 0. The van der Waals surface area contributed by atoms with Gasteiger partial charge in [-0.3, -0.25) is 4.79 Å². The van der Waals surface area contributed by atoms with E-state index in [1.807, 2.05) is 31.2 Å². The first-order valence-corrected chi connectivity index (χ1v) is 11.0. The molecule has 2 aromatic carbocycles. The Hall–Kier alpha value is -2.82. The minimum atomic E-state index is -0.159. The Morgan fingerprint density at radius 2 is 1.77 bits per heavy atom. The van der Waals surface area contributed by atoms with Crippen molar-refractivity contribution in [1.82, 2.24) is 10.2 Å². The van der Waals surface area contributed by atoms with Crippen LogP contribution >= 0.6 is 0 Å². The largest absolute Gasteiger partial charge is 0.349 e. The number of nitrogens with zero attached hydrogens (tertiary/aromatic N) is 1. The molecule has 0 aromatic heterocycles. The van der Waals surface area contributed by atoms with Gasteiger partial charge in [-0.15, -0.1) is 0 Å². The smallest absolute Gasteiger partial charge is 0.321 e. The number of piperidine rings is 1. The van der Waals surface area contributed by atoms with Crippen LogP contribution in [-0.2, 0) is 4.79 Å². The first-order valence-electron chi connectivity index (χ1n) is 11.0. The Balaban J connectivity index is 1.37. The third-order valence-corrected chi connectivity index (χ3v) is 6.18. The van der Waals surface area contributed by atoms with E-state index in [-0.39, 0.29) is 23.9 Å². The molecule has 1 heterocycles. The molecule has 2 atom stereocenters. The van der Waals surface area contributed by atoms with E-state index in [4.69, 9.17) is 0 Å². The average Bonchev–Trinajstić information content (AvgIpc) is 3.58. The Kier molecular flexibility index (Phi) is 6.07. The molecule has 0 spiro atoms. The number of urea groups is 1. The van der Waals surface area contributed by atoms with E-state index in [2.05, 4.69) is 41.8 Å². The van der Waals surface area contributed by atoms with Crippen molar-refractivity contribution < 1.29 is 9.59 Å². The summed E-state index contributed by atoms with van der Waals surface area (Å²) < 4.78 is 0. The zero-order chi connectivity index (χ0) is 21.1. The van der Waals surface area contributed by atoms with Crippen LogP contribution in [0.4, 0.5) is 10.5 Å². The summed E-state index contributed by atoms with van der Waals surface area (Å²) in [5.41, 5.74) is 4.30. The number of rotatable bonds is 5. The van der Waals surface area contributed by atoms with Gasteiger partial charge in [0.05, 0.1) is 12.0 Å². The first kappa shape index (κ1) is 20.5. The summed E-state index contributed by atoms with van der Waals surface area (Å²) in [6.45, 7) is 5.23. The van der Waals surface area contributed by atoms with E-state index in [0.29, 0.717) is 19.0 Å². The quantitative estimate of drug-likeness (QED) is 0.749. The van der Waals surface area contributed by atoms with Crippen LogP contribution in [0.3, 0.4) is 0 Å². The lowest BCUT2D eigenvalue weighted by Crippen LogP contribution is -2.47. The van der Waals surface area contributed by atoms with Crippen molar-refractivity contribution in [2.75, 3.05) is 18.4 Å². The second-order valence-electron chi connectivity index (χ2n) is 8.82. The van der Waals surface area contributed by atoms with Crippen molar-refractivity contribution in [2.24, 2.45) is 11.8 Å². The summed E-state index contributed by atoms with van der Waals surface area (Å²) in [5, 5.41) is 6.27. The highest BCUT2D eigenvalue weighted by atomic mass is 16.2. The molecular weight excluding hydrogens is 374 g/mol. The third-order valence-electron chi connectivity index (χ3n) is 6.18. The zero-order valence-electron chi connectivity index (χ0n) is 17.9. The van der Waals surface area contributed by atoms with Gasteiger partial charge in [0.15, 0.2) is 0 Å². The standard InChI is InChI=1S/C25H31N3O2/c1-17-8-10-19(11-9-17)23(20-12-13-20)27-24(29)21-6-4-14-28(16-21)25(30)26-22-7-3-5-18(2)15-22/h3,5,7-11,15,20-21,23H,4,6,12-14,16H2,1-2H3,(H,26,30)(H,27,29). The number of anilines is 1. The van der Waals surface area contributed by atoms with Crippen LogP contribution in [0.15, 0.2) is 48.5 Å². The maximum absolute atomic E-state index is 13.1. The van der Waals surface area contributed by atoms with Gasteiger partial charge in [-0.25, -0.2) is 4.79 Å². The SMILES string of the molecule is Cc1ccc(C(NC(=O)C2CCCN(C(=O)Nc3cccc(C)c3)C2)C2CC2)cc1. The second kappa shape index (κ2) is 8.90. The van der Waals surface area contributed by atoms with E-state index in [9.17, 15) is 9.59 Å². The van der Waals surface area contributed by atoms with E-state index in [1.165, 1.54) is 11.1 Å². The maximum atomic E-state index is 13.1. The summed E-state index contributed by atoms with van der Waals surface area (Å²) in [7, 11) is 0. The Morgan fingerprint density at radius 3 is 2.47 bits per heavy atom. The van der Waals surface area contributed by atoms with Crippen LogP contribution in [0.25, 0.3) is 0 Å². The molecule has 3 amide bonds. The molecule has 1 saturated carbocycles. The number of hydrogen-bond acceptors (Lipinski definition) is 2. The van der Waals surface area contributed by atoms with E-state index in [1.54, 1.807) is 4.90 Å². The summed E-state index contributed by atoms with van der Waals surface area (Å²) in [4.78, 5) is 27.6. The van der Waals surface area contributed by atoms with E-state index >= 15 is 0 Å². The van der Waals surface area contributed by atoms with Crippen LogP contribution in [0.2, 0.25) is 0 Å². The Morgan fingerprint density at radius 1 is 1.00 bits per heavy atom. The molecule has 2 unspecified atom stereocenters. The van der Waals surface area contributed by atoms with Gasteiger partial charge in [0.25, 0.3) is 0 Å². The molecule has 0 bridgehead atoms. The van der Waals surface area contributed by atoms with Crippen molar-refractivity contribution in [3.8, 4) is 0 Å². The van der Waals surface area contributed by atoms with Crippen molar-refractivity contribution in [2.45, 2.75) is 45.6 Å². The highest BCUT2D eigenvalue weighted by Crippen LogP contribution is 2.41. The summed E-state index contributed by atoms with van der Waals surface area (Å²) in [6.07, 6.45) is 3.99. The van der Waals surface area contributed by atoms with E-state index < -0.39 is 0 Å². The highest BCUT2D eigenvalue weighted by Gasteiger charge is 2.36. The fraction of sp³-hybridized carbons (Fsp3) is 0.440. The molecule has 1 aliphatic heterocycles. The van der Waals surface area contributed by atoms with Gasteiger partial charge in [-0.2, -0.15) is 0 Å². The van der Waals surface area contributed by atoms with Crippen LogP contribution < -0.4 is 10.6 Å². The minimum Gasteiger partial charge on any atom is -0.349 e. The van der Waals surface area contributed by atoms with E-state index in [0.717, 1.165) is 36.9 Å². The lowest BCUT2D eigenvalue weighted by atomic mass is 9.95. The summed E-state index contributed by atoms with van der Waals surface area (Å²) in [6, 6.07) is 16.2. The maximum Gasteiger partial charge on any atom is 0.321 e. The molecule has 5 heteroatoms. The molecule has 2 aliphatic rings. The lowest BCUT2D eigenvalue weighted by molar-refractivity contribution is -0.127.